The monoisotopic (exact) mass is 634 g/mol. The summed E-state index contributed by atoms with van der Waals surface area (Å²) in [5, 5.41) is 14.9. The van der Waals surface area contributed by atoms with E-state index in [9.17, 15) is 28.1 Å². The lowest BCUT2D eigenvalue weighted by Gasteiger charge is -2.34. The number of aryl methyl sites for hydroxylation is 1. The van der Waals surface area contributed by atoms with E-state index in [1.165, 1.54) is 17.0 Å². The third-order valence-electron chi connectivity index (χ3n) is 6.39. The van der Waals surface area contributed by atoms with Crippen molar-refractivity contribution >= 4 is 56.4 Å². The third-order valence-corrected chi connectivity index (χ3v) is 8.26. The first-order valence-corrected chi connectivity index (χ1v) is 15.6. The number of carbonyl (C=O) groups is 2. The van der Waals surface area contributed by atoms with Crippen LogP contribution < -0.4 is 9.62 Å². The third kappa shape index (κ3) is 8.67. The van der Waals surface area contributed by atoms with Gasteiger partial charge in [-0.15, -0.1) is 0 Å². The average Bonchev–Trinajstić information content (AvgIpc) is 2.91. The standard InChI is InChI=1S/C29H32Cl2N4O6S/c1-19(2)32-29(37)27(15-21-8-6-5-7-9-21)33(17-22-11-13-24(30)25(31)14-22)28(36)18-34(42(4,40)41)26-16-23(35(38)39)12-10-20(26)3/h5-14,16,19,27H,15,17-18H2,1-4H3,(H,32,37)/t27-/m1/s1. The molecule has 0 spiro atoms. The van der Waals surface area contributed by atoms with Crippen LogP contribution in [0.5, 0.6) is 0 Å². The normalized spacial score (nSPS) is 12.1. The van der Waals surface area contributed by atoms with Crippen LogP contribution in [-0.2, 0) is 32.6 Å². The Morgan fingerprint density at radius 3 is 2.21 bits per heavy atom. The van der Waals surface area contributed by atoms with E-state index in [1.807, 2.05) is 30.3 Å². The van der Waals surface area contributed by atoms with Gasteiger partial charge in [-0.05, 0) is 49.6 Å². The Morgan fingerprint density at radius 2 is 1.64 bits per heavy atom. The number of rotatable bonds is 12. The van der Waals surface area contributed by atoms with Gasteiger partial charge in [0.25, 0.3) is 5.69 Å². The number of nitro benzene ring substituents is 1. The molecule has 13 heteroatoms. The topological polar surface area (TPSA) is 130 Å². The summed E-state index contributed by atoms with van der Waals surface area (Å²) in [7, 11) is -4.10. The minimum Gasteiger partial charge on any atom is -0.352 e. The Labute approximate surface area is 255 Å². The van der Waals surface area contributed by atoms with Crippen LogP contribution in [0.25, 0.3) is 0 Å². The lowest BCUT2D eigenvalue weighted by Crippen LogP contribution is -2.54. The van der Waals surface area contributed by atoms with E-state index in [-0.39, 0.29) is 35.4 Å². The molecular formula is C29H32Cl2N4O6S. The summed E-state index contributed by atoms with van der Waals surface area (Å²) in [5.74, 6) is -1.13. The van der Waals surface area contributed by atoms with Crippen molar-refractivity contribution in [1.82, 2.24) is 10.2 Å². The van der Waals surface area contributed by atoms with Crippen LogP contribution in [0, 0.1) is 17.0 Å². The molecule has 0 saturated carbocycles. The molecule has 0 aliphatic heterocycles. The molecule has 3 rings (SSSR count). The summed E-state index contributed by atoms with van der Waals surface area (Å²) >= 11 is 12.3. The van der Waals surface area contributed by atoms with Gasteiger partial charge in [-0.25, -0.2) is 8.42 Å². The highest BCUT2D eigenvalue weighted by Crippen LogP contribution is 2.29. The summed E-state index contributed by atoms with van der Waals surface area (Å²) in [6.45, 7) is 4.37. The van der Waals surface area contributed by atoms with Gasteiger partial charge in [-0.3, -0.25) is 24.0 Å². The van der Waals surface area contributed by atoms with Gasteiger partial charge in [0.05, 0.1) is 26.9 Å². The van der Waals surface area contributed by atoms with Gasteiger partial charge in [0.15, 0.2) is 0 Å². The first kappa shape index (κ1) is 32.8. The number of amides is 2. The summed E-state index contributed by atoms with van der Waals surface area (Å²) < 4.78 is 26.8. The number of hydrogen-bond donors (Lipinski definition) is 1. The maximum atomic E-state index is 14.1. The van der Waals surface area contributed by atoms with Crippen molar-refractivity contribution in [2.45, 2.75) is 45.8 Å². The molecule has 0 aliphatic carbocycles. The van der Waals surface area contributed by atoms with Crippen molar-refractivity contribution < 1.29 is 22.9 Å². The molecule has 0 aliphatic rings. The maximum Gasteiger partial charge on any atom is 0.271 e. The van der Waals surface area contributed by atoms with E-state index in [1.54, 1.807) is 39.0 Å². The smallest absolute Gasteiger partial charge is 0.271 e. The minimum atomic E-state index is -4.10. The van der Waals surface area contributed by atoms with Gasteiger partial charge in [-0.1, -0.05) is 65.7 Å². The van der Waals surface area contributed by atoms with Crippen molar-refractivity contribution in [3.05, 3.63) is 104 Å². The van der Waals surface area contributed by atoms with E-state index >= 15 is 0 Å². The molecule has 3 aromatic carbocycles. The number of nitrogens with zero attached hydrogens (tertiary/aromatic N) is 3. The van der Waals surface area contributed by atoms with E-state index < -0.39 is 39.3 Å². The van der Waals surface area contributed by atoms with E-state index in [4.69, 9.17) is 23.2 Å². The Bertz CT molecular complexity index is 1570. The van der Waals surface area contributed by atoms with Crippen molar-refractivity contribution in [3.8, 4) is 0 Å². The van der Waals surface area contributed by atoms with Gasteiger partial charge < -0.3 is 10.2 Å². The van der Waals surface area contributed by atoms with E-state index in [0.717, 1.165) is 22.2 Å². The maximum absolute atomic E-state index is 14.1. The molecule has 1 N–H and O–H groups in total. The quantitative estimate of drug-likeness (QED) is 0.217. The predicted molar refractivity (Wildman–Crippen MR) is 164 cm³/mol. The van der Waals surface area contributed by atoms with Crippen molar-refractivity contribution in [2.75, 3.05) is 17.1 Å². The molecule has 224 valence electrons. The fraction of sp³-hybridized carbons (Fsp3) is 0.310. The molecule has 10 nitrogen and oxygen atoms in total. The Hall–Kier alpha value is -3.67. The lowest BCUT2D eigenvalue weighted by atomic mass is 10.0. The Morgan fingerprint density at radius 1 is 0.976 bits per heavy atom. The molecule has 0 fully saturated rings. The number of nitrogens with one attached hydrogen (secondary N) is 1. The van der Waals surface area contributed by atoms with Gasteiger partial charge in [0.2, 0.25) is 21.8 Å². The van der Waals surface area contributed by atoms with Gasteiger partial charge in [0.1, 0.15) is 12.6 Å². The number of benzene rings is 3. The van der Waals surface area contributed by atoms with Crippen LogP contribution in [0.1, 0.15) is 30.5 Å². The summed E-state index contributed by atoms with van der Waals surface area (Å²) in [6, 6.07) is 16.4. The van der Waals surface area contributed by atoms with Crippen LogP contribution in [0.15, 0.2) is 66.7 Å². The van der Waals surface area contributed by atoms with Crippen LogP contribution in [0.3, 0.4) is 0 Å². The molecule has 0 radical (unpaired) electrons. The Kier molecular flexibility index (Phi) is 10.9. The van der Waals surface area contributed by atoms with Crippen molar-refractivity contribution in [3.63, 3.8) is 0 Å². The number of sulfonamides is 1. The lowest BCUT2D eigenvalue weighted by molar-refractivity contribution is -0.384. The highest BCUT2D eigenvalue weighted by atomic mass is 35.5. The number of anilines is 1. The van der Waals surface area contributed by atoms with Gasteiger partial charge >= 0.3 is 0 Å². The zero-order valence-corrected chi connectivity index (χ0v) is 25.9. The number of non-ortho nitro benzene ring substituents is 1. The number of hydrogen-bond acceptors (Lipinski definition) is 6. The molecule has 0 saturated heterocycles. The highest BCUT2D eigenvalue weighted by Gasteiger charge is 2.34. The zero-order chi connectivity index (χ0) is 31.2. The second-order valence-electron chi connectivity index (χ2n) is 10.1. The summed E-state index contributed by atoms with van der Waals surface area (Å²) in [5.41, 5.74) is 1.41. The molecule has 0 unspecified atom stereocenters. The van der Waals surface area contributed by atoms with Crippen LogP contribution in [-0.4, -0.2) is 54.9 Å². The summed E-state index contributed by atoms with van der Waals surface area (Å²) in [4.78, 5) is 39.8. The highest BCUT2D eigenvalue weighted by molar-refractivity contribution is 7.92. The molecule has 1 atom stereocenters. The number of halogens is 2. The van der Waals surface area contributed by atoms with Crippen molar-refractivity contribution in [1.29, 1.82) is 0 Å². The molecular weight excluding hydrogens is 603 g/mol. The summed E-state index contributed by atoms with van der Waals surface area (Å²) in [6.07, 6.45) is 1.05. The van der Waals surface area contributed by atoms with Gasteiger partial charge in [0, 0.05) is 31.1 Å². The molecule has 3 aromatic rings. The molecule has 2 amide bonds. The van der Waals surface area contributed by atoms with Crippen LogP contribution in [0.2, 0.25) is 10.0 Å². The SMILES string of the molecule is Cc1ccc([N+](=O)[O-])cc1N(CC(=O)N(Cc1ccc(Cl)c(Cl)c1)[C@H](Cc1ccccc1)C(=O)NC(C)C)S(C)(=O)=O. The first-order valence-electron chi connectivity index (χ1n) is 13.0. The fourth-order valence-corrected chi connectivity index (χ4v) is 5.56. The fourth-order valence-electron chi connectivity index (χ4n) is 4.34. The van der Waals surface area contributed by atoms with Crippen molar-refractivity contribution in [2.24, 2.45) is 0 Å². The molecule has 42 heavy (non-hydrogen) atoms. The second-order valence-corrected chi connectivity index (χ2v) is 12.9. The molecule has 0 heterocycles. The largest absolute Gasteiger partial charge is 0.352 e. The van der Waals surface area contributed by atoms with E-state index in [0.29, 0.717) is 16.1 Å². The zero-order valence-electron chi connectivity index (χ0n) is 23.6. The van der Waals surface area contributed by atoms with Crippen LogP contribution in [0.4, 0.5) is 11.4 Å². The molecule has 0 bridgehead atoms. The van der Waals surface area contributed by atoms with E-state index in [2.05, 4.69) is 5.32 Å². The predicted octanol–water partition coefficient (Wildman–Crippen LogP) is 5.14. The average molecular weight is 636 g/mol. The number of carbonyl (C=O) groups excluding carboxylic acids is 2. The minimum absolute atomic E-state index is 0.0132. The van der Waals surface area contributed by atoms with Crippen LogP contribution >= 0.6 is 23.2 Å². The first-order chi connectivity index (χ1) is 19.7. The molecule has 0 aromatic heterocycles. The Balaban J connectivity index is 2.12. The number of nitro groups is 1. The second kappa shape index (κ2) is 14.0. The van der Waals surface area contributed by atoms with Gasteiger partial charge in [-0.2, -0.15) is 0 Å².